The summed E-state index contributed by atoms with van der Waals surface area (Å²) < 4.78 is 0. The van der Waals surface area contributed by atoms with E-state index in [0.29, 0.717) is 12.8 Å². The van der Waals surface area contributed by atoms with Gasteiger partial charge in [0.1, 0.15) is 5.60 Å². The Hall–Kier alpha value is -0.370. The van der Waals surface area contributed by atoms with Crippen molar-refractivity contribution in [3.8, 4) is 0 Å². The molecule has 0 amide bonds. The van der Waals surface area contributed by atoms with Crippen LogP contribution in [-0.2, 0) is 4.79 Å². The minimum atomic E-state index is -0.955. The van der Waals surface area contributed by atoms with E-state index in [9.17, 15) is 9.90 Å². The number of rotatable bonds is 0. The third kappa shape index (κ3) is 0.928. The minimum absolute atomic E-state index is 0.146. The monoisotopic (exact) mass is 194 g/mol. The molecular weight excluding hydrogens is 176 g/mol. The van der Waals surface area contributed by atoms with Gasteiger partial charge in [-0.1, -0.05) is 13.8 Å². The minimum Gasteiger partial charge on any atom is -0.382 e. The topological polar surface area (TPSA) is 37.3 Å². The molecule has 0 saturated heterocycles. The highest BCUT2D eigenvalue weighted by atomic mass is 16.3. The third-order valence-corrected chi connectivity index (χ3v) is 4.60. The van der Waals surface area contributed by atoms with E-state index in [0.717, 1.165) is 12.8 Å². The smallest absolute Gasteiger partial charge is 0.167 e. The molecule has 4 bridgehead atoms. The molecule has 4 rings (SSSR count). The van der Waals surface area contributed by atoms with Crippen molar-refractivity contribution in [1.82, 2.24) is 0 Å². The van der Waals surface area contributed by atoms with Crippen LogP contribution in [0, 0.1) is 16.7 Å². The number of Topliss-reactive ketones (excluding diaryl/α,β-unsaturated/α-hetero) is 1. The van der Waals surface area contributed by atoms with Gasteiger partial charge in [0.2, 0.25) is 0 Å². The molecule has 2 nitrogen and oxygen atoms in total. The molecule has 1 N–H and O–H groups in total. The molecule has 2 atom stereocenters. The largest absolute Gasteiger partial charge is 0.382 e. The van der Waals surface area contributed by atoms with Gasteiger partial charge in [-0.05, 0) is 42.9 Å². The molecule has 4 aliphatic rings. The second kappa shape index (κ2) is 2.08. The van der Waals surface area contributed by atoms with Crippen LogP contribution in [0.1, 0.15) is 46.0 Å². The molecule has 78 valence electrons. The molecule has 0 aromatic heterocycles. The van der Waals surface area contributed by atoms with Crippen LogP contribution in [0.25, 0.3) is 0 Å². The van der Waals surface area contributed by atoms with Crippen LogP contribution < -0.4 is 0 Å². The Morgan fingerprint density at radius 2 is 1.64 bits per heavy atom. The summed E-state index contributed by atoms with van der Waals surface area (Å²) in [6.07, 6.45) is 4.66. The van der Waals surface area contributed by atoms with E-state index in [2.05, 4.69) is 13.8 Å². The molecule has 2 heteroatoms. The summed E-state index contributed by atoms with van der Waals surface area (Å²) in [5, 5.41) is 10.4. The number of carbonyl (C=O) groups excluding carboxylic acids is 1. The van der Waals surface area contributed by atoms with Gasteiger partial charge in [-0.25, -0.2) is 0 Å². The van der Waals surface area contributed by atoms with Crippen molar-refractivity contribution in [2.45, 2.75) is 51.6 Å². The SMILES string of the molecule is CC12CC3CC(C)(C1)CC(O)(C2)C3=O. The Morgan fingerprint density at radius 1 is 1.14 bits per heavy atom. The number of carbonyl (C=O) groups is 1. The van der Waals surface area contributed by atoms with Gasteiger partial charge in [-0.2, -0.15) is 0 Å². The van der Waals surface area contributed by atoms with Gasteiger partial charge >= 0.3 is 0 Å². The molecule has 4 aliphatic carbocycles. The molecule has 4 saturated carbocycles. The second-order valence-corrected chi connectivity index (χ2v) is 6.65. The average Bonchev–Trinajstić information content (AvgIpc) is 1.94. The lowest BCUT2D eigenvalue weighted by molar-refractivity contribution is -0.194. The summed E-state index contributed by atoms with van der Waals surface area (Å²) in [5.74, 6) is 0.304. The zero-order chi connectivity index (χ0) is 10.2. The van der Waals surface area contributed by atoms with Crippen LogP contribution >= 0.6 is 0 Å². The number of ketones is 1. The van der Waals surface area contributed by atoms with Gasteiger partial charge in [0.05, 0.1) is 0 Å². The average molecular weight is 194 g/mol. The van der Waals surface area contributed by atoms with E-state index < -0.39 is 5.60 Å². The van der Waals surface area contributed by atoms with Gasteiger partial charge in [-0.15, -0.1) is 0 Å². The Morgan fingerprint density at radius 3 is 2.07 bits per heavy atom. The van der Waals surface area contributed by atoms with Crippen LogP contribution in [0.4, 0.5) is 0 Å². The first-order valence-electron chi connectivity index (χ1n) is 5.61. The Balaban J connectivity index is 2.10. The van der Waals surface area contributed by atoms with Crippen LogP contribution in [0.15, 0.2) is 0 Å². The van der Waals surface area contributed by atoms with E-state index in [1.54, 1.807) is 0 Å². The quantitative estimate of drug-likeness (QED) is 0.639. The van der Waals surface area contributed by atoms with Crippen molar-refractivity contribution in [2.75, 3.05) is 0 Å². The summed E-state index contributed by atoms with van der Waals surface area (Å²) in [7, 11) is 0. The van der Waals surface area contributed by atoms with Crippen molar-refractivity contribution in [3.05, 3.63) is 0 Å². The lowest BCUT2D eigenvalue weighted by atomic mass is 9.43. The van der Waals surface area contributed by atoms with Crippen LogP contribution in [0.2, 0.25) is 0 Å². The van der Waals surface area contributed by atoms with E-state index in [4.69, 9.17) is 0 Å². The molecule has 0 spiro atoms. The zero-order valence-electron chi connectivity index (χ0n) is 8.97. The van der Waals surface area contributed by atoms with E-state index in [-0.39, 0.29) is 22.5 Å². The Labute approximate surface area is 84.7 Å². The van der Waals surface area contributed by atoms with Crippen LogP contribution in [-0.4, -0.2) is 16.5 Å². The molecule has 0 aromatic rings. The fraction of sp³-hybridized carbons (Fsp3) is 0.917. The van der Waals surface area contributed by atoms with Crippen molar-refractivity contribution in [1.29, 1.82) is 0 Å². The molecule has 4 fully saturated rings. The Kier molecular flexibility index (Phi) is 1.32. The number of hydrogen-bond acceptors (Lipinski definition) is 2. The molecule has 0 radical (unpaired) electrons. The zero-order valence-corrected chi connectivity index (χ0v) is 8.97. The van der Waals surface area contributed by atoms with Crippen LogP contribution in [0.3, 0.4) is 0 Å². The van der Waals surface area contributed by atoms with Crippen molar-refractivity contribution < 1.29 is 9.90 Å². The second-order valence-electron chi connectivity index (χ2n) is 6.65. The predicted octanol–water partition coefficient (Wildman–Crippen LogP) is 1.91. The third-order valence-electron chi connectivity index (χ3n) is 4.60. The van der Waals surface area contributed by atoms with Gasteiger partial charge in [0.25, 0.3) is 0 Å². The Bertz CT molecular complexity index is 302. The van der Waals surface area contributed by atoms with Crippen molar-refractivity contribution in [2.24, 2.45) is 16.7 Å². The lowest BCUT2D eigenvalue weighted by Gasteiger charge is -2.62. The first-order valence-corrected chi connectivity index (χ1v) is 5.61. The van der Waals surface area contributed by atoms with Gasteiger partial charge < -0.3 is 5.11 Å². The fourth-order valence-electron chi connectivity index (χ4n) is 4.92. The summed E-state index contributed by atoms with van der Waals surface area (Å²) in [6.45, 7) is 4.49. The summed E-state index contributed by atoms with van der Waals surface area (Å²) in [4.78, 5) is 11.9. The predicted molar refractivity (Wildman–Crippen MR) is 52.7 cm³/mol. The van der Waals surface area contributed by atoms with E-state index >= 15 is 0 Å². The molecule has 0 aromatic carbocycles. The molecule has 2 unspecified atom stereocenters. The van der Waals surface area contributed by atoms with Gasteiger partial charge in [-0.3, -0.25) is 4.79 Å². The van der Waals surface area contributed by atoms with Gasteiger partial charge in [0.15, 0.2) is 5.78 Å². The molecule has 14 heavy (non-hydrogen) atoms. The summed E-state index contributed by atoms with van der Waals surface area (Å²) in [6, 6.07) is 0. The lowest BCUT2D eigenvalue weighted by Crippen LogP contribution is -2.64. The standard InChI is InChI=1S/C12H18O2/c1-10-3-8-4-11(2,5-10)7-12(14,6-10)9(8)13/h8,14H,3-7H2,1-2H3. The van der Waals surface area contributed by atoms with Gasteiger partial charge in [0, 0.05) is 5.92 Å². The normalized spacial score (nSPS) is 60.8. The summed E-state index contributed by atoms with van der Waals surface area (Å²) >= 11 is 0. The van der Waals surface area contributed by atoms with Crippen molar-refractivity contribution >= 4 is 5.78 Å². The summed E-state index contributed by atoms with van der Waals surface area (Å²) in [5.41, 5.74) is -0.486. The molecule has 0 heterocycles. The highest BCUT2D eigenvalue weighted by Gasteiger charge is 2.64. The fourth-order valence-corrected chi connectivity index (χ4v) is 4.92. The highest BCUT2D eigenvalue weighted by molar-refractivity contribution is 5.91. The maximum atomic E-state index is 11.9. The maximum Gasteiger partial charge on any atom is 0.167 e. The number of aliphatic hydroxyl groups is 1. The van der Waals surface area contributed by atoms with E-state index in [1.807, 2.05) is 0 Å². The first kappa shape index (κ1) is 8.90. The van der Waals surface area contributed by atoms with Crippen molar-refractivity contribution in [3.63, 3.8) is 0 Å². The maximum absolute atomic E-state index is 11.9. The van der Waals surface area contributed by atoms with Crippen LogP contribution in [0.5, 0.6) is 0 Å². The molecule has 0 aliphatic heterocycles. The number of hydrogen-bond donors (Lipinski definition) is 1. The van der Waals surface area contributed by atoms with E-state index in [1.165, 1.54) is 6.42 Å². The molecular formula is C12H18O2. The first-order chi connectivity index (χ1) is 6.34. The highest BCUT2D eigenvalue weighted by Crippen LogP contribution is 2.64.